The fourth-order valence-electron chi connectivity index (χ4n) is 0.253. The largest absolute Gasteiger partial charge is 0.0895 e. The van der Waals surface area contributed by atoms with Gasteiger partial charge in [0.2, 0.25) is 0 Å². The van der Waals surface area contributed by atoms with Crippen molar-refractivity contribution in [2.45, 2.75) is 12.8 Å². The Kier molecular flexibility index (Phi) is 0.657. The van der Waals surface area contributed by atoms with E-state index in [1.807, 2.05) is 6.08 Å². The molecular formula is C4H5Cl. The second-order valence-corrected chi connectivity index (χ2v) is 1.68. The molecule has 0 aromatic carbocycles. The number of rotatable bonds is 0. The summed E-state index contributed by atoms with van der Waals surface area (Å²) in [4.78, 5) is 0. The molecule has 0 N–H and O–H groups in total. The summed E-state index contributed by atoms with van der Waals surface area (Å²) in [5.74, 6) is 0. The number of halogens is 1. The first kappa shape index (κ1) is 3.23. The van der Waals surface area contributed by atoms with Crippen LogP contribution in [-0.2, 0) is 0 Å². The molecule has 0 radical (unpaired) electrons. The molecule has 0 atom stereocenters. The Hall–Kier alpha value is 0.0300. The van der Waals surface area contributed by atoms with E-state index in [-0.39, 0.29) is 0 Å². The Morgan fingerprint density at radius 2 is 2.20 bits per heavy atom. The number of hydrogen-bond acceptors (Lipinski definition) is 0. The van der Waals surface area contributed by atoms with Gasteiger partial charge in [0.05, 0.1) is 0 Å². The minimum Gasteiger partial charge on any atom is -0.0895 e. The van der Waals surface area contributed by atoms with Gasteiger partial charge in [0.1, 0.15) is 0 Å². The highest BCUT2D eigenvalue weighted by atomic mass is 35.5. The lowest BCUT2D eigenvalue weighted by atomic mass is 10.1. The van der Waals surface area contributed by atoms with Crippen molar-refractivity contribution < 1.29 is 0 Å². The van der Waals surface area contributed by atoms with Gasteiger partial charge in [-0.05, 0) is 12.8 Å². The molecule has 5 heavy (non-hydrogen) atoms. The van der Waals surface area contributed by atoms with Crippen LogP contribution in [0.2, 0.25) is 0 Å². The number of allylic oxidation sites excluding steroid dienone is 2. The molecule has 28 valence electrons. The maximum Gasteiger partial charge on any atom is 0.0144 e. The van der Waals surface area contributed by atoms with Gasteiger partial charge in [0, 0.05) is 5.03 Å². The van der Waals surface area contributed by atoms with E-state index in [1.54, 1.807) is 0 Å². The van der Waals surface area contributed by atoms with E-state index < -0.39 is 0 Å². The van der Waals surface area contributed by atoms with E-state index in [4.69, 9.17) is 11.6 Å². The highest BCUT2D eigenvalue weighted by molar-refractivity contribution is 6.30. The third-order valence-electron chi connectivity index (χ3n) is 0.749. The lowest BCUT2D eigenvalue weighted by Gasteiger charge is -2.02. The van der Waals surface area contributed by atoms with Crippen molar-refractivity contribution in [2.75, 3.05) is 0 Å². The predicted molar refractivity (Wildman–Crippen MR) is 23.2 cm³/mol. The molecule has 1 rings (SSSR count). The van der Waals surface area contributed by atoms with Crippen LogP contribution < -0.4 is 0 Å². The van der Waals surface area contributed by atoms with Gasteiger partial charge in [-0.15, -0.1) is 0 Å². The van der Waals surface area contributed by atoms with Crippen LogP contribution in [0.15, 0.2) is 11.1 Å². The maximum atomic E-state index is 5.41. The van der Waals surface area contributed by atoms with Crippen molar-refractivity contribution in [3.63, 3.8) is 0 Å². The Morgan fingerprint density at radius 1 is 1.80 bits per heavy atom. The smallest absolute Gasteiger partial charge is 0.0144 e. The lowest BCUT2D eigenvalue weighted by Crippen LogP contribution is -1.81. The van der Waals surface area contributed by atoms with Gasteiger partial charge < -0.3 is 0 Å². The second-order valence-electron chi connectivity index (χ2n) is 1.19. The summed E-state index contributed by atoms with van der Waals surface area (Å²) in [5.41, 5.74) is 0. The Morgan fingerprint density at radius 3 is 2.20 bits per heavy atom. The van der Waals surface area contributed by atoms with Gasteiger partial charge in [0.25, 0.3) is 0 Å². The average molecular weight is 88.5 g/mol. The molecule has 0 aliphatic heterocycles. The zero-order valence-corrected chi connectivity index (χ0v) is 3.63. The predicted octanol–water partition coefficient (Wildman–Crippen LogP) is 1.90. The molecule has 0 heterocycles. The molecule has 0 amide bonds. The molecule has 0 saturated carbocycles. The summed E-state index contributed by atoms with van der Waals surface area (Å²) in [7, 11) is 0. The Labute approximate surface area is 36.4 Å². The fraction of sp³-hybridized carbons (Fsp3) is 0.500. The van der Waals surface area contributed by atoms with Gasteiger partial charge >= 0.3 is 0 Å². The van der Waals surface area contributed by atoms with Gasteiger partial charge in [-0.1, -0.05) is 17.7 Å². The average Bonchev–Trinajstić information content (AvgIpc) is 1.30. The third kappa shape index (κ3) is 0.457. The highest BCUT2D eigenvalue weighted by Gasteiger charge is 1.97. The van der Waals surface area contributed by atoms with E-state index in [0.717, 1.165) is 11.5 Å². The summed E-state index contributed by atoms with van der Waals surface area (Å²) in [5, 5.41) is 1.03. The van der Waals surface area contributed by atoms with E-state index in [2.05, 4.69) is 0 Å². The minimum atomic E-state index is 1.03. The molecule has 0 aromatic heterocycles. The van der Waals surface area contributed by atoms with Crippen molar-refractivity contribution in [1.29, 1.82) is 0 Å². The fourth-order valence-corrected chi connectivity index (χ4v) is 0.472. The second kappa shape index (κ2) is 1.02. The normalized spacial score (nSPS) is 20.6. The molecular weight excluding hydrogens is 83.5 g/mol. The van der Waals surface area contributed by atoms with Crippen LogP contribution in [0.25, 0.3) is 0 Å². The third-order valence-corrected chi connectivity index (χ3v) is 1.09. The Bertz CT molecular complexity index is 64.0. The monoisotopic (exact) mass is 88.0 g/mol. The minimum absolute atomic E-state index is 1.03. The van der Waals surface area contributed by atoms with Crippen LogP contribution in [0.3, 0.4) is 0 Å². The van der Waals surface area contributed by atoms with Crippen molar-refractivity contribution >= 4 is 11.6 Å². The van der Waals surface area contributed by atoms with Crippen molar-refractivity contribution in [1.82, 2.24) is 0 Å². The standard InChI is InChI=1S/C4H5Cl/c5-4-2-1-3-4/h2H,1,3H2. The molecule has 0 saturated heterocycles. The molecule has 1 heteroatoms. The van der Waals surface area contributed by atoms with Crippen LogP contribution in [0.4, 0.5) is 0 Å². The van der Waals surface area contributed by atoms with E-state index in [0.29, 0.717) is 0 Å². The van der Waals surface area contributed by atoms with Crippen LogP contribution in [-0.4, -0.2) is 0 Å². The van der Waals surface area contributed by atoms with Crippen molar-refractivity contribution in [3.05, 3.63) is 11.1 Å². The summed E-state index contributed by atoms with van der Waals surface area (Å²) >= 11 is 5.41. The summed E-state index contributed by atoms with van der Waals surface area (Å²) in [6.45, 7) is 0. The molecule has 1 aliphatic rings. The van der Waals surface area contributed by atoms with E-state index in [9.17, 15) is 0 Å². The zero-order valence-electron chi connectivity index (χ0n) is 2.87. The maximum absolute atomic E-state index is 5.41. The molecule has 0 fully saturated rings. The zero-order chi connectivity index (χ0) is 3.70. The lowest BCUT2D eigenvalue weighted by molar-refractivity contribution is 0.937. The van der Waals surface area contributed by atoms with E-state index >= 15 is 0 Å². The van der Waals surface area contributed by atoms with Gasteiger partial charge in [-0.25, -0.2) is 0 Å². The van der Waals surface area contributed by atoms with Crippen molar-refractivity contribution in [2.24, 2.45) is 0 Å². The van der Waals surface area contributed by atoms with Crippen molar-refractivity contribution in [3.8, 4) is 0 Å². The summed E-state index contributed by atoms with van der Waals surface area (Å²) in [6, 6.07) is 0. The molecule has 0 unspecified atom stereocenters. The number of hydrogen-bond donors (Lipinski definition) is 0. The first-order chi connectivity index (χ1) is 2.39. The SMILES string of the molecule is ClC1=CCC1. The highest BCUT2D eigenvalue weighted by Crippen LogP contribution is 2.20. The van der Waals surface area contributed by atoms with Crippen LogP contribution in [0.1, 0.15) is 12.8 Å². The van der Waals surface area contributed by atoms with Crippen LogP contribution >= 0.6 is 11.6 Å². The van der Waals surface area contributed by atoms with E-state index in [1.165, 1.54) is 6.42 Å². The van der Waals surface area contributed by atoms with Gasteiger partial charge in [0.15, 0.2) is 0 Å². The first-order valence-electron chi connectivity index (χ1n) is 1.74. The van der Waals surface area contributed by atoms with Crippen LogP contribution in [0.5, 0.6) is 0 Å². The molecule has 1 aliphatic carbocycles. The molecule has 0 bridgehead atoms. The summed E-state index contributed by atoms with van der Waals surface area (Å²) in [6.07, 6.45) is 4.34. The molecule has 0 aromatic rings. The van der Waals surface area contributed by atoms with Gasteiger partial charge in [-0.3, -0.25) is 0 Å². The molecule has 0 spiro atoms. The Balaban J connectivity index is 2.51. The quantitative estimate of drug-likeness (QED) is 0.424. The first-order valence-corrected chi connectivity index (χ1v) is 2.12. The van der Waals surface area contributed by atoms with Gasteiger partial charge in [-0.2, -0.15) is 0 Å². The molecule has 0 nitrogen and oxygen atoms in total. The topological polar surface area (TPSA) is 0 Å². The van der Waals surface area contributed by atoms with Crippen LogP contribution in [0, 0.1) is 0 Å². The summed E-state index contributed by atoms with van der Waals surface area (Å²) < 4.78 is 0.